The SMILES string of the molecule is C#[S-]1CCC(C2=Cc3c4ncnc3N(CCCCCCCN3C(C)CC(CC3C)C(F)(F)c3cccc(c3F)[C@@H](C)N4)C2=C)CC1. The number of hydrogen-bond donors (Lipinski definition) is 1. The molecule has 2 fully saturated rings. The van der Waals surface area contributed by atoms with Gasteiger partial charge < -0.3 is 26.2 Å². The Morgan fingerprint density at radius 1 is 0.978 bits per heavy atom. The Hall–Kier alpha value is -2.74. The van der Waals surface area contributed by atoms with Crippen molar-refractivity contribution in [1.82, 2.24) is 14.9 Å². The largest absolute Gasteiger partial charge is 0.457 e. The van der Waals surface area contributed by atoms with Gasteiger partial charge >= 0.3 is 0 Å². The van der Waals surface area contributed by atoms with Crippen LogP contribution in [0, 0.1) is 23.3 Å². The van der Waals surface area contributed by atoms with Gasteiger partial charge in [0, 0.05) is 35.8 Å². The molecule has 2 unspecified atom stereocenters. The second-order valence-corrected chi connectivity index (χ2v) is 15.8. The number of allylic oxidation sites excluding steroid dienone is 1. The van der Waals surface area contributed by atoms with Gasteiger partial charge in [0.15, 0.2) is 0 Å². The minimum atomic E-state index is -3.27. The first kappa shape index (κ1) is 33.2. The monoisotopic (exact) mass is 652 g/mol. The van der Waals surface area contributed by atoms with Crippen molar-refractivity contribution >= 4 is 28.0 Å². The van der Waals surface area contributed by atoms with Gasteiger partial charge in [0.1, 0.15) is 23.8 Å². The maximum Gasteiger partial charge on any atom is 0.278 e. The first-order chi connectivity index (χ1) is 22.1. The van der Waals surface area contributed by atoms with Crippen LogP contribution in [0.2, 0.25) is 0 Å². The summed E-state index contributed by atoms with van der Waals surface area (Å²) >= 11 is 0. The fraction of sp³-hybridized carbons (Fsp3) is 0.595. The standard InChI is InChI=1S/C37H49F3N5S/c1-24-20-29-21-25(2)44(24)16-9-7-6-8-10-17-45-27(4)31(28-14-18-46(5)19-15-28)22-32-35(41-23-42-36(32)45)43-26(3)30-12-11-13-33(34(30)38)37(29,39)40/h5,11-13,22-26,28-29H,4,6-10,14-21H2,1-3H3,(H,41,42,43)/q-1/t24?,25?,26-,29?/m1/s1. The fourth-order valence-corrected chi connectivity index (χ4v) is 9.59. The van der Waals surface area contributed by atoms with Crippen molar-refractivity contribution in [1.29, 1.82) is 0 Å². The zero-order valence-electron chi connectivity index (χ0n) is 27.6. The van der Waals surface area contributed by atoms with Crippen molar-refractivity contribution in [3.63, 3.8) is 0 Å². The number of benzene rings is 1. The number of aromatic nitrogens is 2. The summed E-state index contributed by atoms with van der Waals surface area (Å²) in [7, 11) is -0.0357. The summed E-state index contributed by atoms with van der Waals surface area (Å²) in [4.78, 5) is 13.9. The first-order valence-electron chi connectivity index (χ1n) is 17.2. The number of anilines is 2. The lowest BCUT2D eigenvalue weighted by molar-refractivity contribution is -0.107. The molecule has 2 saturated heterocycles. The molecule has 0 radical (unpaired) electrons. The summed E-state index contributed by atoms with van der Waals surface area (Å²) in [5, 5.41) is 3.39. The molecule has 250 valence electrons. The molecule has 1 aromatic heterocycles. The van der Waals surface area contributed by atoms with Crippen LogP contribution in [-0.2, 0) is 16.2 Å². The van der Waals surface area contributed by atoms with Gasteiger partial charge in [0.25, 0.3) is 5.92 Å². The molecule has 46 heavy (non-hydrogen) atoms. The number of nitrogens with zero attached hydrogens (tertiary/aromatic N) is 4. The molecular formula is C37H49F3N5S-. The van der Waals surface area contributed by atoms with Crippen molar-refractivity contribution in [3.8, 4) is 5.69 Å². The summed E-state index contributed by atoms with van der Waals surface area (Å²) < 4.78 is 48.7. The maximum absolute atomic E-state index is 16.2. The van der Waals surface area contributed by atoms with E-state index in [-0.39, 0.29) is 27.9 Å². The number of alkyl halides is 2. The molecule has 0 saturated carbocycles. The third kappa shape index (κ3) is 6.52. The van der Waals surface area contributed by atoms with E-state index in [1.54, 1.807) is 19.1 Å². The van der Waals surface area contributed by atoms with Crippen molar-refractivity contribution < 1.29 is 13.2 Å². The highest BCUT2D eigenvalue weighted by Crippen LogP contribution is 2.47. The minimum absolute atomic E-state index is 0.0205. The van der Waals surface area contributed by atoms with E-state index in [0.717, 1.165) is 86.6 Å². The van der Waals surface area contributed by atoms with Crippen molar-refractivity contribution in [3.05, 3.63) is 64.9 Å². The lowest BCUT2D eigenvalue weighted by Crippen LogP contribution is -2.50. The van der Waals surface area contributed by atoms with E-state index in [0.29, 0.717) is 24.6 Å². The van der Waals surface area contributed by atoms with Gasteiger partial charge in [-0.25, -0.2) is 23.1 Å². The Kier molecular flexibility index (Phi) is 9.94. The predicted molar refractivity (Wildman–Crippen MR) is 185 cm³/mol. The van der Waals surface area contributed by atoms with Crippen LogP contribution < -0.4 is 10.2 Å². The van der Waals surface area contributed by atoms with Crippen molar-refractivity contribution in [2.24, 2.45) is 11.8 Å². The van der Waals surface area contributed by atoms with Gasteiger partial charge in [0.05, 0.1) is 17.2 Å². The molecule has 5 aliphatic heterocycles. The van der Waals surface area contributed by atoms with Crippen LogP contribution in [0.5, 0.6) is 0 Å². The van der Waals surface area contributed by atoms with Crippen molar-refractivity contribution in [2.45, 2.75) is 103 Å². The van der Waals surface area contributed by atoms with Gasteiger partial charge in [-0.1, -0.05) is 56.9 Å². The van der Waals surface area contributed by atoms with Gasteiger partial charge in [-0.3, -0.25) is 4.90 Å². The van der Waals surface area contributed by atoms with Crippen LogP contribution in [0.15, 0.2) is 42.4 Å². The van der Waals surface area contributed by atoms with Gasteiger partial charge in [-0.05, 0) is 70.6 Å². The van der Waals surface area contributed by atoms with E-state index < -0.39 is 29.3 Å². The quantitative estimate of drug-likeness (QED) is 0.313. The molecule has 7 rings (SSSR count). The molecule has 1 N–H and O–H groups in total. The molecule has 5 aliphatic rings. The Morgan fingerprint density at radius 3 is 2.37 bits per heavy atom. The van der Waals surface area contributed by atoms with Crippen molar-refractivity contribution in [2.75, 3.05) is 34.8 Å². The molecule has 1 aromatic carbocycles. The minimum Gasteiger partial charge on any atom is -0.457 e. The molecule has 0 amide bonds. The summed E-state index contributed by atoms with van der Waals surface area (Å²) in [5.41, 5.74) is 9.00. The predicted octanol–water partition coefficient (Wildman–Crippen LogP) is 8.67. The molecule has 0 aliphatic carbocycles. The number of piperidine rings is 1. The number of rotatable bonds is 1. The highest BCUT2D eigenvalue weighted by Gasteiger charge is 2.48. The summed E-state index contributed by atoms with van der Waals surface area (Å²) in [6.07, 6.45) is 11.8. The zero-order valence-corrected chi connectivity index (χ0v) is 28.4. The molecule has 2 aromatic rings. The molecule has 9 heteroatoms. The topological polar surface area (TPSA) is 44.3 Å². The van der Waals surface area contributed by atoms with Crippen LogP contribution in [0.25, 0.3) is 6.08 Å². The van der Waals surface area contributed by atoms with Crippen LogP contribution >= 0.6 is 0 Å². The maximum atomic E-state index is 16.2. The molecule has 0 spiro atoms. The van der Waals surface area contributed by atoms with E-state index >= 15 is 13.2 Å². The number of fused-ring (bicyclic) bond motifs is 9. The summed E-state index contributed by atoms with van der Waals surface area (Å²) in [5.74, 6) is -1.31. The average molecular weight is 653 g/mol. The van der Waals surface area contributed by atoms with E-state index in [4.69, 9.17) is 10.7 Å². The Bertz CT molecular complexity index is 1520. The van der Waals surface area contributed by atoms with Gasteiger partial charge in [0.2, 0.25) is 0 Å². The Labute approximate surface area is 275 Å². The highest BCUT2D eigenvalue weighted by molar-refractivity contribution is 7.86. The van der Waals surface area contributed by atoms with Crippen LogP contribution in [0.1, 0.15) is 101 Å². The molecule has 3 atom stereocenters. The highest BCUT2D eigenvalue weighted by atomic mass is 32.2. The number of nitrogens with one attached hydrogen (secondary N) is 1. The summed E-state index contributed by atoms with van der Waals surface area (Å²) in [6, 6.07) is 3.87. The van der Waals surface area contributed by atoms with Crippen LogP contribution in [0.3, 0.4) is 0 Å². The first-order valence-corrected chi connectivity index (χ1v) is 18.8. The number of halogens is 3. The van der Waals surface area contributed by atoms with E-state index in [2.05, 4.69) is 32.8 Å². The van der Waals surface area contributed by atoms with E-state index in [1.807, 2.05) is 13.8 Å². The molecule has 6 heterocycles. The van der Waals surface area contributed by atoms with Crippen LogP contribution in [0.4, 0.5) is 24.8 Å². The molecule has 8 bridgehead atoms. The lowest BCUT2D eigenvalue weighted by Gasteiger charge is -2.45. The smallest absolute Gasteiger partial charge is 0.278 e. The second-order valence-electron chi connectivity index (χ2n) is 13.9. The third-order valence-electron chi connectivity index (χ3n) is 10.9. The van der Waals surface area contributed by atoms with Gasteiger partial charge in [-0.15, -0.1) is 11.5 Å². The molecule has 5 nitrogen and oxygen atoms in total. The van der Waals surface area contributed by atoms with E-state index in [1.165, 1.54) is 18.0 Å². The third-order valence-corrected chi connectivity index (χ3v) is 12.4. The number of hydrogen-bond acceptors (Lipinski definition) is 6. The average Bonchev–Trinajstić information content (AvgIpc) is 3.02. The second kappa shape index (κ2) is 13.8. The van der Waals surface area contributed by atoms with E-state index in [9.17, 15) is 0 Å². The summed E-state index contributed by atoms with van der Waals surface area (Å²) in [6.45, 7) is 12.2. The van der Waals surface area contributed by atoms with Crippen LogP contribution in [-0.4, -0.2) is 51.5 Å². The Morgan fingerprint density at radius 2 is 1.65 bits per heavy atom. The Balaban J connectivity index is 1.38. The lowest BCUT2D eigenvalue weighted by atomic mass is 9.79. The zero-order chi connectivity index (χ0) is 32.6. The molecular weight excluding hydrogens is 604 g/mol. The van der Waals surface area contributed by atoms with Gasteiger partial charge in [-0.2, -0.15) is 0 Å². The fourth-order valence-electron chi connectivity index (χ4n) is 8.21. The normalized spacial score (nSPS) is 29.8.